The number of carbonyl (C=O) groups is 1. The minimum atomic E-state index is -0.108. The molecule has 0 aromatic carbocycles. The van der Waals surface area contributed by atoms with E-state index in [1.54, 1.807) is 6.20 Å². The van der Waals surface area contributed by atoms with Gasteiger partial charge in [-0.3, -0.25) is 0 Å². The first-order valence-electron chi connectivity index (χ1n) is 9.11. The molecule has 6 heteroatoms. The van der Waals surface area contributed by atoms with Gasteiger partial charge in [0.15, 0.2) is 0 Å². The second kappa shape index (κ2) is 6.59. The van der Waals surface area contributed by atoms with Crippen LogP contribution in [0.15, 0.2) is 18.3 Å². The molecule has 0 bridgehead atoms. The molecule has 1 aromatic rings. The summed E-state index contributed by atoms with van der Waals surface area (Å²) >= 11 is 0. The quantitative estimate of drug-likeness (QED) is 0.894. The summed E-state index contributed by atoms with van der Waals surface area (Å²) in [6.45, 7) is 3.22. The summed E-state index contributed by atoms with van der Waals surface area (Å²) in [5.41, 5.74) is 1.15. The predicted octanol–water partition coefficient (Wildman–Crippen LogP) is 2.76. The van der Waals surface area contributed by atoms with Crippen LogP contribution in [-0.2, 0) is 4.74 Å². The maximum Gasteiger partial charge on any atom is 0.319 e. The van der Waals surface area contributed by atoms with Crippen LogP contribution < -0.4 is 15.5 Å². The molecule has 1 atom stereocenters. The highest BCUT2D eigenvalue weighted by Gasteiger charge is 2.54. The second-order valence-corrected chi connectivity index (χ2v) is 7.28. The molecule has 2 N–H and O–H groups in total. The average Bonchev–Trinajstić information content (AvgIpc) is 3.27. The maximum atomic E-state index is 12.2. The minimum Gasteiger partial charge on any atom is -0.378 e. The molecule has 1 aromatic heterocycles. The van der Waals surface area contributed by atoms with Crippen molar-refractivity contribution >= 4 is 17.5 Å². The molecule has 4 rings (SSSR count). The summed E-state index contributed by atoms with van der Waals surface area (Å²) in [6, 6.07) is 4.13. The normalized spacial score (nSPS) is 25.3. The van der Waals surface area contributed by atoms with Crippen molar-refractivity contribution in [3.8, 4) is 0 Å². The number of nitrogens with zero attached hydrogens (tertiary/aromatic N) is 2. The van der Waals surface area contributed by atoms with E-state index in [9.17, 15) is 4.79 Å². The van der Waals surface area contributed by atoms with Crippen molar-refractivity contribution in [1.82, 2.24) is 10.3 Å². The van der Waals surface area contributed by atoms with Crippen LogP contribution >= 0.6 is 0 Å². The molecular formula is C18H26N4O2. The lowest BCUT2D eigenvalue weighted by atomic mass is 9.86. The Morgan fingerprint density at radius 1 is 1.21 bits per heavy atom. The molecule has 3 aliphatic rings. The third-order valence-electron chi connectivity index (χ3n) is 5.69. The lowest BCUT2D eigenvalue weighted by molar-refractivity contribution is 0.122. The van der Waals surface area contributed by atoms with Crippen molar-refractivity contribution in [1.29, 1.82) is 0 Å². The van der Waals surface area contributed by atoms with Gasteiger partial charge >= 0.3 is 6.03 Å². The second-order valence-electron chi connectivity index (χ2n) is 7.28. The zero-order valence-corrected chi connectivity index (χ0v) is 14.1. The first-order valence-corrected chi connectivity index (χ1v) is 9.11. The SMILES string of the molecule is O=C(Nc1ccc(N2CCOCC2)nc1)NC1CC12CCCCC2. The fourth-order valence-electron chi connectivity index (χ4n) is 4.13. The summed E-state index contributed by atoms with van der Waals surface area (Å²) < 4.78 is 5.35. The number of anilines is 2. The number of nitrogens with one attached hydrogen (secondary N) is 2. The van der Waals surface area contributed by atoms with Gasteiger partial charge in [-0.05, 0) is 36.8 Å². The molecule has 2 saturated carbocycles. The Morgan fingerprint density at radius 3 is 2.71 bits per heavy atom. The first-order chi connectivity index (χ1) is 11.8. The number of morpholine rings is 1. The van der Waals surface area contributed by atoms with Crippen molar-refractivity contribution in [2.45, 2.75) is 44.6 Å². The van der Waals surface area contributed by atoms with E-state index >= 15 is 0 Å². The van der Waals surface area contributed by atoms with Crippen LogP contribution in [0.25, 0.3) is 0 Å². The number of urea groups is 1. The molecule has 0 radical (unpaired) electrons. The largest absolute Gasteiger partial charge is 0.378 e. The molecule has 2 aliphatic carbocycles. The number of carbonyl (C=O) groups excluding carboxylic acids is 1. The highest BCUT2D eigenvalue weighted by atomic mass is 16.5. The zero-order valence-electron chi connectivity index (χ0n) is 14.1. The van der Waals surface area contributed by atoms with Crippen LogP contribution in [0.3, 0.4) is 0 Å². The van der Waals surface area contributed by atoms with Crippen molar-refractivity contribution < 1.29 is 9.53 Å². The van der Waals surface area contributed by atoms with Crippen molar-refractivity contribution in [2.24, 2.45) is 5.41 Å². The Labute approximate surface area is 143 Å². The lowest BCUT2D eigenvalue weighted by Gasteiger charge is -2.27. The highest BCUT2D eigenvalue weighted by Crippen LogP contribution is 2.56. The third kappa shape index (κ3) is 3.34. The van der Waals surface area contributed by atoms with Gasteiger partial charge in [0.25, 0.3) is 0 Å². The Kier molecular flexibility index (Phi) is 4.31. The van der Waals surface area contributed by atoms with Crippen LogP contribution in [0.5, 0.6) is 0 Å². The summed E-state index contributed by atoms with van der Waals surface area (Å²) in [5.74, 6) is 0.938. The Bertz CT molecular complexity index is 577. The number of aromatic nitrogens is 1. The highest BCUT2D eigenvalue weighted by molar-refractivity contribution is 5.89. The van der Waals surface area contributed by atoms with Crippen LogP contribution in [0, 0.1) is 5.41 Å². The fraction of sp³-hybridized carbons (Fsp3) is 0.667. The van der Waals surface area contributed by atoms with Gasteiger partial charge in [0.2, 0.25) is 0 Å². The summed E-state index contributed by atoms with van der Waals surface area (Å²) in [5, 5.41) is 6.05. The molecule has 3 fully saturated rings. The topological polar surface area (TPSA) is 66.5 Å². The lowest BCUT2D eigenvalue weighted by Crippen LogP contribution is -2.36. The molecule has 1 aliphatic heterocycles. The molecule has 130 valence electrons. The number of pyridine rings is 1. The number of rotatable bonds is 3. The van der Waals surface area contributed by atoms with Crippen LogP contribution in [0.1, 0.15) is 38.5 Å². The Balaban J connectivity index is 1.28. The van der Waals surface area contributed by atoms with Gasteiger partial charge in [-0.15, -0.1) is 0 Å². The van der Waals surface area contributed by atoms with Crippen molar-refractivity contribution in [3.63, 3.8) is 0 Å². The zero-order chi connectivity index (χ0) is 16.4. The van der Waals surface area contributed by atoms with E-state index in [0.29, 0.717) is 11.5 Å². The van der Waals surface area contributed by atoms with E-state index in [-0.39, 0.29) is 6.03 Å². The Morgan fingerprint density at radius 2 is 2.00 bits per heavy atom. The van der Waals surface area contributed by atoms with Gasteiger partial charge < -0.3 is 20.3 Å². The molecule has 24 heavy (non-hydrogen) atoms. The summed E-state index contributed by atoms with van der Waals surface area (Å²) in [6.07, 6.45) is 9.39. The van der Waals surface area contributed by atoms with E-state index < -0.39 is 0 Å². The fourth-order valence-corrected chi connectivity index (χ4v) is 4.13. The van der Waals surface area contributed by atoms with Crippen LogP contribution in [-0.4, -0.2) is 43.4 Å². The molecular weight excluding hydrogens is 304 g/mol. The van der Waals surface area contributed by atoms with Gasteiger partial charge in [-0.2, -0.15) is 0 Å². The molecule has 1 saturated heterocycles. The van der Waals surface area contributed by atoms with E-state index in [4.69, 9.17) is 4.74 Å². The number of amides is 2. The van der Waals surface area contributed by atoms with E-state index in [1.165, 1.54) is 32.1 Å². The van der Waals surface area contributed by atoms with E-state index in [2.05, 4.69) is 20.5 Å². The van der Waals surface area contributed by atoms with Crippen LogP contribution in [0.4, 0.5) is 16.3 Å². The van der Waals surface area contributed by atoms with Gasteiger partial charge in [0.1, 0.15) is 5.82 Å². The third-order valence-corrected chi connectivity index (χ3v) is 5.69. The minimum absolute atomic E-state index is 0.108. The number of hydrogen-bond acceptors (Lipinski definition) is 4. The van der Waals surface area contributed by atoms with Gasteiger partial charge in [-0.25, -0.2) is 9.78 Å². The monoisotopic (exact) mass is 330 g/mol. The summed E-state index contributed by atoms with van der Waals surface area (Å²) in [4.78, 5) is 18.9. The van der Waals surface area contributed by atoms with Gasteiger partial charge in [-0.1, -0.05) is 19.3 Å². The summed E-state index contributed by atoms with van der Waals surface area (Å²) in [7, 11) is 0. The standard InChI is InChI=1S/C18H26N4O2/c23-17(21-15-12-18(15)6-2-1-3-7-18)20-14-4-5-16(19-13-14)22-8-10-24-11-9-22/h4-5,13,15H,1-3,6-12H2,(H2,20,21,23). The molecule has 6 nitrogen and oxygen atoms in total. The van der Waals surface area contributed by atoms with Gasteiger partial charge in [0.05, 0.1) is 25.1 Å². The molecule has 1 spiro atoms. The smallest absolute Gasteiger partial charge is 0.319 e. The van der Waals surface area contributed by atoms with E-state index in [1.807, 2.05) is 12.1 Å². The maximum absolute atomic E-state index is 12.2. The predicted molar refractivity (Wildman–Crippen MR) is 93.3 cm³/mol. The molecule has 2 heterocycles. The molecule has 1 unspecified atom stereocenters. The van der Waals surface area contributed by atoms with Crippen molar-refractivity contribution in [3.05, 3.63) is 18.3 Å². The number of ether oxygens (including phenoxy) is 1. The number of hydrogen-bond donors (Lipinski definition) is 2. The van der Waals surface area contributed by atoms with Crippen molar-refractivity contribution in [2.75, 3.05) is 36.5 Å². The molecule has 2 amide bonds. The van der Waals surface area contributed by atoms with Crippen LogP contribution in [0.2, 0.25) is 0 Å². The van der Waals surface area contributed by atoms with E-state index in [0.717, 1.165) is 44.2 Å². The Hall–Kier alpha value is -1.82. The average molecular weight is 330 g/mol. The van der Waals surface area contributed by atoms with Gasteiger partial charge in [0, 0.05) is 19.1 Å². The first kappa shape index (κ1) is 15.7.